The molecule has 0 unspecified atom stereocenters. The number of carboxylic acid groups (broad SMARTS) is 1. The first-order chi connectivity index (χ1) is 8.75. The summed E-state index contributed by atoms with van der Waals surface area (Å²) in [4.78, 5) is 14.4. The minimum Gasteiger partial charge on any atom is -0.476 e. The van der Waals surface area contributed by atoms with Gasteiger partial charge in [-0.2, -0.15) is 4.98 Å². The van der Waals surface area contributed by atoms with Gasteiger partial charge in [0, 0.05) is 6.54 Å². The van der Waals surface area contributed by atoms with Crippen molar-refractivity contribution in [1.29, 1.82) is 0 Å². The van der Waals surface area contributed by atoms with Crippen LogP contribution in [0, 0.1) is 0 Å². The molecule has 1 aromatic heterocycles. The zero-order valence-corrected chi connectivity index (χ0v) is 9.80. The van der Waals surface area contributed by atoms with Crippen molar-refractivity contribution in [3.8, 4) is 0 Å². The number of hydrogen-bond acceptors (Lipinski definition) is 4. The molecule has 0 aliphatic rings. The van der Waals surface area contributed by atoms with Crippen LogP contribution in [0.1, 0.15) is 22.5 Å². The van der Waals surface area contributed by atoms with Crippen molar-refractivity contribution in [2.24, 2.45) is 0 Å². The van der Waals surface area contributed by atoms with Crippen LogP contribution in [0.2, 0.25) is 0 Å². The Morgan fingerprint density at radius 2 is 2.11 bits per heavy atom. The van der Waals surface area contributed by atoms with Crippen LogP contribution in [0.25, 0.3) is 0 Å². The van der Waals surface area contributed by atoms with Gasteiger partial charge in [0.15, 0.2) is 5.69 Å². The van der Waals surface area contributed by atoms with Gasteiger partial charge >= 0.3 is 5.97 Å². The topological polar surface area (TPSA) is 75.4 Å². The van der Waals surface area contributed by atoms with Crippen molar-refractivity contribution < 1.29 is 14.3 Å². The van der Waals surface area contributed by atoms with Crippen LogP contribution in [-0.4, -0.2) is 22.6 Å². The fourth-order valence-electron chi connectivity index (χ4n) is 1.59. The molecule has 5 heteroatoms. The van der Waals surface area contributed by atoms with Crippen molar-refractivity contribution in [1.82, 2.24) is 4.98 Å². The van der Waals surface area contributed by atoms with E-state index in [1.165, 1.54) is 5.56 Å². The molecular weight excluding hydrogens is 232 g/mol. The van der Waals surface area contributed by atoms with Crippen molar-refractivity contribution in [3.05, 3.63) is 47.9 Å². The molecule has 0 spiro atoms. The lowest BCUT2D eigenvalue weighted by Gasteiger charge is -2.02. The molecule has 1 heterocycles. The Morgan fingerprint density at radius 1 is 1.33 bits per heavy atom. The minimum atomic E-state index is -1.09. The van der Waals surface area contributed by atoms with Gasteiger partial charge in [0.25, 0.3) is 6.01 Å². The van der Waals surface area contributed by atoms with Gasteiger partial charge in [-0.05, 0) is 18.4 Å². The molecule has 0 saturated heterocycles. The van der Waals surface area contributed by atoms with Gasteiger partial charge < -0.3 is 14.8 Å². The predicted molar refractivity (Wildman–Crippen MR) is 66.7 cm³/mol. The second-order valence-electron chi connectivity index (χ2n) is 3.86. The van der Waals surface area contributed by atoms with Crippen molar-refractivity contribution in [3.63, 3.8) is 0 Å². The van der Waals surface area contributed by atoms with E-state index in [1.54, 1.807) is 0 Å². The summed E-state index contributed by atoms with van der Waals surface area (Å²) in [6.45, 7) is 0.689. The van der Waals surface area contributed by atoms with Gasteiger partial charge in [-0.25, -0.2) is 4.79 Å². The third-order valence-corrected chi connectivity index (χ3v) is 2.48. The highest BCUT2D eigenvalue weighted by Gasteiger charge is 2.09. The summed E-state index contributed by atoms with van der Waals surface area (Å²) in [5.74, 6) is -1.09. The standard InChI is InChI=1S/C13H14N2O3/c16-12(17)11-9-18-13(15-11)14-8-4-7-10-5-2-1-3-6-10/h1-3,5-6,9H,4,7-8H2,(H,14,15)(H,16,17). The maximum Gasteiger partial charge on any atom is 0.357 e. The van der Waals surface area contributed by atoms with Gasteiger partial charge in [0.05, 0.1) is 0 Å². The Kier molecular flexibility index (Phi) is 3.96. The van der Waals surface area contributed by atoms with Gasteiger partial charge in [-0.1, -0.05) is 30.3 Å². The Hall–Kier alpha value is -2.30. The van der Waals surface area contributed by atoms with E-state index in [0.29, 0.717) is 6.54 Å². The largest absolute Gasteiger partial charge is 0.476 e. The smallest absolute Gasteiger partial charge is 0.357 e. The van der Waals surface area contributed by atoms with Crippen LogP contribution in [0.5, 0.6) is 0 Å². The highest BCUT2D eigenvalue weighted by atomic mass is 16.4. The second kappa shape index (κ2) is 5.86. The summed E-state index contributed by atoms with van der Waals surface area (Å²) in [6.07, 6.45) is 3.01. The minimum absolute atomic E-state index is 0.0828. The van der Waals surface area contributed by atoms with Crippen molar-refractivity contribution in [2.75, 3.05) is 11.9 Å². The number of nitrogens with zero attached hydrogens (tertiary/aromatic N) is 1. The van der Waals surface area contributed by atoms with Gasteiger partial charge in [0.2, 0.25) is 0 Å². The Labute approximate surface area is 104 Å². The molecule has 2 N–H and O–H groups in total. The molecule has 18 heavy (non-hydrogen) atoms. The van der Waals surface area contributed by atoms with Gasteiger partial charge in [-0.15, -0.1) is 0 Å². The molecule has 0 saturated carbocycles. The summed E-state index contributed by atoms with van der Waals surface area (Å²) in [5, 5.41) is 11.6. The molecule has 2 rings (SSSR count). The number of nitrogens with one attached hydrogen (secondary N) is 1. The normalized spacial score (nSPS) is 10.2. The number of aromatic nitrogens is 1. The van der Waals surface area contributed by atoms with E-state index in [-0.39, 0.29) is 11.7 Å². The lowest BCUT2D eigenvalue weighted by Crippen LogP contribution is -2.04. The molecule has 0 aliphatic heterocycles. The zero-order chi connectivity index (χ0) is 12.8. The lowest BCUT2D eigenvalue weighted by molar-refractivity contribution is 0.0690. The number of hydrogen-bond donors (Lipinski definition) is 2. The van der Waals surface area contributed by atoms with Crippen molar-refractivity contribution >= 4 is 12.0 Å². The number of carbonyl (C=O) groups is 1. The fourth-order valence-corrected chi connectivity index (χ4v) is 1.59. The molecule has 0 radical (unpaired) electrons. The van der Waals surface area contributed by atoms with E-state index in [0.717, 1.165) is 19.1 Å². The van der Waals surface area contributed by atoms with E-state index < -0.39 is 5.97 Å². The van der Waals surface area contributed by atoms with Gasteiger partial charge in [-0.3, -0.25) is 0 Å². The Bertz CT molecular complexity index is 508. The third kappa shape index (κ3) is 3.35. The van der Waals surface area contributed by atoms with E-state index >= 15 is 0 Å². The Morgan fingerprint density at radius 3 is 2.78 bits per heavy atom. The zero-order valence-electron chi connectivity index (χ0n) is 9.80. The summed E-state index contributed by atoms with van der Waals surface area (Å²) in [7, 11) is 0. The molecule has 5 nitrogen and oxygen atoms in total. The average molecular weight is 246 g/mol. The van der Waals surface area contributed by atoms with Crippen LogP contribution in [0.15, 0.2) is 41.0 Å². The van der Waals surface area contributed by atoms with E-state index in [2.05, 4.69) is 22.4 Å². The van der Waals surface area contributed by atoms with E-state index in [4.69, 9.17) is 9.52 Å². The number of aromatic carboxylic acids is 1. The highest BCUT2D eigenvalue weighted by Crippen LogP contribution is 2.08. The first kappa shape index (κ1) is 12.2. The summed E-state index contributed by atoms with van der Waals surface area (Å²) in [5.41, 5.74) is 1.19. The first-order valence-electron chi connectivity index (χ1n) is 5.72. The molecule has 94 valence electrons. The Balaban J connectivity index is 1.73. The van der Waals surface area contributed by atoms with Crippen LogP contribution in [-0.2, 0) is 6.42 Å². The quantitative estimate of drug-likeness (QED) is 0.765. The number of oxazole rings is 1. The van der Waals surface area contributed by atoms with Crippen molar-refractivity contribution in [2.45, 2.75) is 12.8 Å². The molecular formula is C13H14N2O3. The number of carboxylic acids is 1. The molecule has 0 fully saturated rings. The summed E-state index contributed by atoms with van der Waals surface area (Å²) < 4.78 is 4.98. The van der Waals surface area contributed by atoms with Crippen LogP contribution < -0.4 is 5.32 Å². The van der Waals surface area contributed by atoms with Crippen LogP contribution in [0.3, 0.4) is 0 Å². The lowest BCUT2D eigenvalue weighted by atomic mass is 10.1. The van der Waals surface area contributed by atoms with E-state index in [1.807, 2.05) is 18.2 Å². The molecule has 0 aliphatic carbocycles. The molecule has 1 aromatic carbocycles. The number of benzene rings is 1. The average Bonchev–Trinajstić information content (AvgIpc) is 2.85. The van der Waals surface area contributed by atoms with Crippen LogP contribution in [0.4, 0.5) is 6.01 Å². The maximum atomic E-state index is 10.6. The monoisotopic (exact) mass is 246 g/mol. The number of rotatable bonds is 6. The SMILES string of the molecule is O=C(O)c1coc(NCCCc2ccccc2)n1. The molecule has 0 amide bonds. The second-order valence-corrected chi connectivity index (χ2v) is 3.86. The molecule has 0 atom stereocenters. The highest BCUT2D eigenvalue weighted by molar-refractivity contribution is 5.85. The molecule has 2 aromatic rings. The van der Waals surface area contributed by atoms with Gasteiger partial charge in [0.1, 0.15) is 6.26 Å². The fraction of sp³-hybridized carbons (Fsp3) is 0.231. The predicted octanol–water partition coefficient (Wildman–Crippen LogP) is 2.42. The number of anilines is 1. The number of aryl methyl sites for hydroxylation is 1. The van der Waals surface area contributed by atoms with E-state index in [9.17, 15) is 4.79 Å². The molecule has 0 bridgehead atoms. The van der Waals surface area contributed by atoms with Crippen LogP contribution >= 0.6 is 0 Å². The third-order valence-electron chi connectivity index (χ3n) is 2.48. The maximum absolute atomic E-state index is 10.6. The summed E-state index contributed by atoms with van der Waals surface area (Å²) >= 11 is 0. The first-order valence-corrected chi connectivity index (χ1v) is 5.72. The summed E-state index contributed by atoms with van der Waals surface area (Å²) in [6, 6.07) is 10.4.